The van der Waals surface area contributed by atoms with E-state index in [9.17, 15) is 0 Å². The van der Waals surface area contributed by atoms with Gasteiger partial charge in [-0.05, 0) is 122 Å². The van der Waals surface area contributed by atoms with E-state index in [4.69, 9.17) is 4.98 Å². The lowest BCUT2D eigenvalue weighted by Gasteiger charge is -2.26. The van der Waals surface area contributed by atoms with Gasteiger partial charge in [0, 0.05) is 40.6 Å². The molecule has 7 aromatic carbocycles. The lowest BCUT2D eigenvalue weighted by molar-refractivity contribution is 1.27. The van der Waals surface area contributed by atoms with Gasteiger partial charge in [-0.15, -0.1) is 0 Å². The molecule has 1 aliphatic carbocycles. The van der Waals surface area contributed by atoms with Crippen molar-refractivity contribution in [2.24, 2.45) is 0 Å². The zero-order valence-electron chi connectivity index (χ0n) is 30.0. The monoisotopic (exact) mass is 701 g/mol. The van der Waals surface area contributed by atoms with Crippen LogP contribution in [-0.4, -0.2) is 9.97 Å². The van der Waals surface area contributed by atoms with Gasteiger partial charge in [0.25, 0.3) is 0 Å². The highest BCUT2D eigenvalue weighted by molar-refractivity contribution is 6.03. The normalized spacial score (nSPS) is 11.3. The predicted octanol–water partition coefficient (Wildman–Crippen LogP) is 13.9. The van der Waals surface area contributed by atoms with E-state index in [2.05, 4.69) is 192 Å². The zero-order valence-corrected chi connectivity index (χ0v) is 30.0. The number of nitrogens with zero attached hydrogens (tertiary/aromatic N) is 3. The molecule has 3 nitrogen and oxygen atoms in total. The average Bonchev–Trinajstić information content (AvgIpc) is 3.27. The molecule has 55 heavy (non-hydrogen) atoms. The second-order valence-corrected chi connectivity index (χ2v) is 13.8. The number of pyridine rings is 2. The molecule has 2 heterocycles. The molecule has 0 amide bonds. The van der Waals surface area contributed by atoms with Crippen molar-refractivity contribution in [3.8, 4) is 78.1 Å². The number of hydrogen-bond donors (Lipinski definition) is 0. The second-order valence-electron chi connectivity index (χ2n) is 13.8. The Morgan fingerprint density at radius 2 is 0.727 bits per heavy atom. The Labute approximate surface area is 321 Å². The van der Waals surface area contributed by atoms with E-state index in [1.807, 2.05) is 30.6 Å². The SMILES string of the molecule is c1ccc(N(c2cccc(-c3ccccn3)c2)c2cccc(-c3cc(-c4ccc5c(c4)-c4ccccc4-c4ccccc4-c4ccccc4-5)ccn3)c2)cc1. The standard InChI is InChI=1S/C52H35N3/c1-2-16-40(17-3-1)55(41-18-12-14-38(32-41)51-26-10-11-30-53-51)42-19-13-15-39(33-42)52-35-37(29-31-54-52)36-27-28-49-47-24-7-6-22-45(47)43-20-4-5-21-44(43)46-23-8-9-25-48(46)50(49)34-36/h1-35H. The highest BCUT2D eigenvalue weighted by Gasteiger charge is 2.22. The molecule has 0 atom stereocenters. The quantitative estimate of drug-likeness (QED) is 0.173. The van der Waals surface area contributed by atoms with E-state index >= 15 is 0 Å². The van der Waals surface area contributed by atoms with Crippen LogP contribution in [0.15, 0.2) is 213 Å². The summed E-state index contributed by atoms with van der Waals surface area (Å²) in [5, 5.41) is 0. The van der Waals surface area contributed by atoms with Gasteiger partial charge in [-0.2, -0.15) is 0 Å². The molecule has 0 aliphatic heterocycles. The van der Waals surface area contributed by atoms with Gasteiger partial charge < -0.3 is 4.90 Å². The van der Waals surface area contributed by atoms with Crippen molar-refractivity contribution in [3.05, 3.63) is 213 Å². The number of para-hydroxylation sites is 1. The van der Waals surface area contributed by atoms with Crippen LogP contribution in [0, 0.1) is 0 Å². The van der Waals surface area contributed by atoms with Crippen LogP contribution in [0.5, 0.6) is 0 Å². The first-order valence-electron chi connectivity index (χ1n) is 18.6. The number of aromatic nitrogens is 2. The summed E-state index contributed by atoms with van der Waals surface area (Å²) in [7, 11) is 0. The second kappa shape index (κ2) is 13.9. The largest absolute Gasteiger partial charge is 0.310 e. The predicted molar refractivity (Wildman–Crippen MR) is 228 cm³/mol. The van der Waals surface area contributed by atoms with E-state index in [0.29, 0.717) is 0 Å². The Morgan fingerprint density at radius 3 is 1.31 bits per heavy atom. The number of fused-ring (bicyclic) bond motifs is 8. The highest BCUT2D eigenvalue weighted by atomic mass is 15.1. The van der Waals surface area contributed by atoms with Gasteiger partial charge in [-0.25, -0.2) is 0 Å². The first-order valence-corrected chi connectivity index (χ1v) is 18.6. The molecule has 0 fully saturated rings. The number of rotatable bonds is 6. The van der Waals surface area contributed by atoms with Crippen molar-refractivity contribution in [1.29, 1.82) is 0 Å². The number of benzene rings is 7. The Hall–Kier alpha value is -7.36. The maximum atomic E-state index is 4.91. The molecule has 3 heteroatoms. The van der Waals surface area contributed by atoms with Gasteiger partial charge in [0.1, 0.15) is 0 Å². The average molecular weight is 702 g/mol. The molecule has 0 unspecified atom stereocenters. The molecule has 1 aliphatic rings. The van der Waals surface area contributed by atoms with Crippen molar-refractivity contribution in [3.63, 3.8) is 0 Å². The number of hydrogen-bond acceptors (Lipinski definition) is 3. The zero-order chi connectivity index (χ0) is 36.6. The topological polar surface area (TPSA) is 29.0 Å². The van der Waals surface area contributed by atoms with Crippen molar-refractivity contribution < 1.29 is 0 Å². The molecule has 0 saturated heterocycles. The molecule has 10 rings (SSSR count). The summed E-state index contributed by atoms with van der Waals surface area (Å²) in [5.41, 5.74) is 19.3. The molecule has 2 aromatic heterocycles. The summed E-state index contributed by atoms with van der Waals surface area (Å²) in [6, 6.07) is 71.4. The molecule has 0 bridgehead atoms. The first-order chi connectivity index (χ1) is 27.3. The maximum Gasteiger partial charge on any atom is 0.0708 e. The highest BCUT2D eigenvalue weighted by Crippen LogP contribution is 2.48. The summed E-state index contributed by atoms with van der Waals surface area (Å²) in [4.78, 5) is 11.8. The summed E-state index contributed by atoms with van der Waals surface area (Å²) >= 11 is 0. The van der Waals surface area contributed by atoms with E-state index in [1.54, 1.807) is 0 Å². The van der Waals surface area contributed by atoms with Crippen LogP contribution < -0.4 is 4.90 Å². The van der Waals surface area contributed by atoms with Crippen LogP contribution in [0.25, 0.3) is 78.1 Å². The molecule has 0 N–H and O–H groups in total. The van der Waals surface area contributed by atoms with Gasteiger partial charge in [0.2, 0.25) is 0 Å². The van der Waals surface area contributed by atoms with Gasteiger partial charge in [0.05, 0.1) is 11.4 Å². The smallest absolute Gasteiger partial charge is 0.0708 e. The third-order valence-electron chi connectivity index (χ3n) is 10.5. The van der Waals surface area contributed by atoms with Crippen molar-refractivity contribution in [2.45, 2.75) is 0 Å². The van der Waals surface area contributed by atoms with Crippen LogP contribution in [0.1, 0.15) is 0 Å². The fourth-order valence-corrected chi connectivity index (χ4v) is 7.97. The fraction of sp³-hybridized carbons (Fsp3) is 0. The van der Waals surface area contributed by atoms with Crippen molar-refractivity contribution >= 4 is 17.1 Å². The van der Waals surface area contributed by atoms with Crippen LogP contribution >= 0.6 is 0 Å². The lowest BCUT2D eigenvalue weighted by Crippen LogP contribution is -2.10. The Balaban J connectivity index is 1.07. The first kappa shape index (κ1) is 32.3. The minimum Gasteiger partial charge on any atom is -0.310 e. The van der Waals surface area contributed by atoms with Crippen molar-refractivity contribution in [1.82, 2.24) is 9.97 Å². The molecule has 0 saturated carbocycles. The summed E-state index contributed by atoms with van der Waals surface area (Å²) in [6.45, 7) is 0. The summed E-state index contributed by atoms with van der Waals surface area (Å²) in [6.07, 6.45) is 3.77. The van der Waals surface area contributed by atoms with Gasteiger partial charge in [-0.1, -0.05) is 133 Å². The van der Waals surface area contributed by atoms with E-state index < -0.39 is 0 Å². The fourth-order valence-electron chi connectivity index (χ4n) is 7.97. The molecule has 0 spiro atoms. The van der Waals surface area contributed by atoms with Gasteiger partial charge >= 0.3 is 0 Å². The number of anilines is 3. The van der Waals surface area contributed by atoms with Crippen LogP contribution in [-0.2, 0) is 0 Å². The lowest BCUT2D eigenvalue weighted by atomic mass is 9.80. The minimum absolute atomic E-state index is 0.918. The Kier molecular flexibility index (Phi) is 8.16. The van der Waals surface area contributed by atoms with E-state index in [0.717, 1.165) is 50.7 Å². The molecule has 258 valence electrons. The van der Waals surface area contributed by atoms with E-state index in [1.165, 1.54) is 44.5 Å². The molecule has 0 radical (unpaired) electrons. The maximum absolute atomic E-state index is 4.91. The van der Waals surface area contributed by atoms with Crippen LogP contribution in [0.4, 0.5) is 17.1 Å². The van der Waals surface area contributed by atoms with Gasteiger partial charge in [-0.3, -0.25) is 9.97 Å². The third kappa shape index (κ3) is 5.98. The molecular weight excluding hydrogens is 667 g/mol. The molecule has 9 aromatic rings. The molecular formula is C52H35N3. The third-order valence-corrected chi connectivity index (χ3v) is 10.5. The Morgan fingerprint density at radius 1 is 0.255 bits per heavy atom. The van der Waals surface area contributed by atoms with E-state index in [-0.39, 0.29) is 0 Å². The Bertz CT molecular complexity index is 2820. The van der Waals surface area contributed by atoms with Gasteiger partial charge in [0.15, 0.2) is 0 Å². The van der Waals surface area contributed by atoms with Crippen LogP contribution in [0.3, 0.4) is 0 Å². The van der Waals surface area contributed by atoms with Crippen LogP contribution in [0.2, 0.25) is 0 Å². The van der Waals surface area contributed by atoms with Crippen molar-refractivity contribution in [2.75, 3.05) is 4.90 Å². The summed E-state index contributed by atoms with van der Waals surface area (Å²) in [5.74, 6) is 0. The summed E-state index contributed by atoms with van der Waals surface area (Å²) < 4.78 is 0. The minimum atomic E-state index is 0.918.